The molecule has 7 heteroatoms. The Morgan fingerprint density at radius 1 is 1.29 bits per heavy atom. The molecule has 92 valence electrons. The minimum atomic E-state index is -1.50. The molecule has 2 aromatic heterocycles. The van der Waals surface area contributed by atoms with E-state index in [1.54, 1.807) is 16.9 Å². The number of hydrogen-bond donors (Lipinski definition) is 3. The number of rotatable bonds is 5. The van der Waals surface area contributed by atoms with Gasteiger partial charge in [0, 0.05) is 0 Å². The Morgan fingerprint density at radius 2 is 2.00 bits per heavy atom. The fourth-order valence-electron chi connectivity index (χ4n) is 1.72. The van der Waals surface area contributed by atoms with Crippen LogP contribution in [0.3, 0.4) is 0 Å². The Hall–Kier alpha value is -1.10. The maximum atomic E-state index is 9.09. The summed E-state index contributed by atoms with van der Waals surface area (Å²) in [5.41, 5.74) is 6.97. The second-order valence-corrected chi connectivity index (χ2v) is 8.68. The van der Waals surface area contributed by atoms with Crippen molar-refractivity contribution in [1.29, 1.82) is 0 Å². The molecule has 4 N–H and O–H groups in total. The van der Waals surface area contributed by atoms with Crippen molar-refractivity contribution in [1.82, 2.24) is 14.6 Å². The van der Waals surface area contributed by atoms with E-state index in [2.05, 4.69) is 10.1 Å². The standard InChI is InChI=1S/C10H15AsN4O2/c12-8-7-14-15-9(1-4-13-10(8)15)11(2-5-16)3-6-17/h1,4,7,16-17H,2-3,5-6,12H2. The van der Waals surface area contributed by atoms with Gasteiger partial charge in [-0.3, -0.25) is 0 Å². The van der Waals surface area contributed by atoms with Crippen molar-refractivity contribution < 1.29 is 10.2 Å². The molecule has 0 saturated heterocycles. The van der Waals surface area contributed by atoms with E-state index in [4.69, 9.17) is 15.9 Å². The van der Waals surface area contributed by atoms with Crippen molar-refractivity contribution >= 4 is 30.5 Å². The van der Waals surface area contributed by atoms with E-state index in [1.165, 1.54) is 0 Å². The molecule has 0 bridgehead atoms. The fraction of sp³-hybridized carbons (Fsp3) is 0.400. The van der Waals surface area contributed by atoms with Crippen LogP contribution in [-0.4, -0.2) is 52.7 Å². The second kappa shape index (κ2) is 5.49. The van der Waals surface area contributed by atoms with Crippen LogP contribution >= 0.6 is 0 Å². The molecule has 6 nitrogen and oxygen atoms in total. The average molecular weight is 298 g/mol. The Balaban J connectivity index is 2.44. The van der Waals surface area contributed by atoms with Gasteiger partial charge in [0.25, 0.3) is 0 Å². The first-order chi connectivity index (χ1) is 8.27. The fourth-order valence-corrected chi connectivity index (χ4v) is 5.61. The number of anilines is 1. The first-order valence-corrected chi connectivity index (χ1v) is 8.92. The quantitative estimate of drug-likeness (QED) is 0.615. The number of nitrogens with two attached hydrogens (primary N) is 1. The van der Waals surface area contributed by atoms with Crippen LogP contribution in [-0.2, 0) is 0 Å². The summed E-state index contributed by atoms with van der Waals surface area (Å²) in [7, 11) is 0. The van der Waals surface area contributed by atoms with Crippen LogP contribution in [0.5, 0.6) is 0 Å². The molecule has 0 aliphatic rings. The van der Waals surface area contributed by atoms with Crippen molar-refractivity contribution in [3.8, 4) is 0 Å². The number of aromatic nitrogens is 3. The Labute approximate surface area is 103 Å². The van der Waals surface area contributed by atoms with Gasteiger partial charge in [0.05, 0.1) is 0 Å². The summed E-state index contributed by atoms with van der Waals surface area (Å²) in [6.45, 7) is 0.279. The van der Waals surface area contributed by atoms with Gasteiger partial charge in [-0.2, -0.15) is 0 Å². The molecule has 17 heavy (non-hydrogen) atoms. The zero-order chi connectivity index (χ0) is 12.3. The molecule has 0 saturated carbocycles. The topological polar surface area (TPSA) is 96.7 Å². The van der Waals surface area contributed by atoms with Gasteiger partial charge in [-0.05, 0) is 0 Å². The molecule has 0 aromatic carbocycles. The number of fused-ring (bicyclic) bond motifs is 1. The molecule has 0 aliphatic carbocycles. The van der Waals surface area contributed by atoms with E-state index in [1.807, 2.05) is 6.07 Å². The molecular weight excluding hydrogens is 283 g/mol. The summed E-state index contributed by atoms with van der Waals surface area (Å²) < 4.78 is 2.79. The van der Waals surface area contributed by atoms with Crippen LogP contribution < -0.4 is 10.2 Å². The zero-order valence-electron chi connectivity index (χ0n) is 9.32. The van der Waals surface area contributed by atoms with Gasteiger partial charge in [-0.1, -0.05) is 0 Å². The molecule has 0 atom stereocenters. The Kier molecular flexibility index (Phi) is 3.99. The van der Waals surface area contributed by atoms with Gasteiger partial charge in [0.15, 0.2) is 0 Å². The second-order valence-electron chi connectivity index (χ2n) is 3.57. The normalized spacial score (nSPS) is 11.5. The average Bonchev–Trinajstić information content (AvgIpc) is 2.71. The summed E-state index contributed by atoms with van der Waals surface area (Å²) in [5.74, 6) is 0. The SMILES string of the molecule is Nc1cnn2c([As](CCO)CCO)ccnc12. The van der Waals surface area contributed by atoms with E-state index < -0.39 is 14.7 Å². The number of hydrogen-bond acceptors (Lipinski definition) is 5. The van der Waals surface area contributed by atoms with Gasteiger partial charge >= 0.3 is 103 Å². The maximum absolute atomic E-state index is 9.09. The Bertz CT molecular complexity index is 496. The molecular formula is C10H15AsN4O2. The van der Waals surface area contributed by atoms with Crippen molar-refractivity contribution in [2.75, 3.05) is 18.9 Å². The molecule has 0 amide bonds. The van der Waals surface area contributed by atoms with Crippen LogP contribution in [0.1, 0.15) is 0 Å². The van der Waals surface area contributed by atoms with E-state index in [-0.39, 0.29) is 13.2 Å². The van der Waals surface area contributed by atoms with Crippen molar-refractivity contribution in [2.24, 2.45) is 0 Å². The monoisotopic (exact) mass is 298 g/mol. The molecule has 0 fully saturated rings. The first-order valence-electron chi connectivity index (χ1n) is 5.33. The van der Waals surface area contributed by atoms with Crippen molar-refractivity contribution in [3.63, 3.8) is 0 Å². The molecule has 0 unspecified atom stereocenters. The van der Waals surface area contributed by atoms with Crippen LogP contribution in [0.25, 0.3) is 5.65 Å². The minimum absolute atomic E-state index is 0.139. The summed E-state index contributed by atoms with van der Waals surface area (Å²) >= 11 is -1.50. The van der Waals surface area contributed by atoms with Gasteiger partial charge < -0.3 is 0 Å². The predicted molar refractivity (Wildman–Crippen MR) is 66.6 cm³/mol. The third-order valence-electron chi connectivity index (χ3n) is 2.47. The zero-order valence-corrected chi connectivity index (χ0v) is 11.2. The number of nitrogens with zero attached hydrogens (tertiary/aromatic N) is 3. The van der Waals surface area contributed by atoms with E-state index >= 15 is 0 Å². The van der Waals surface area contributed by atoms with Crippen LogP contribution in [0.4, 0.5) is 5.69 Å². The van der Waals surface area contributed by atoms with Gasteiger partial charge in [-0.25, -0.2) is 0 Å². The number of aliphatic hydroxyl groups is 2. The third-order valence-corrected chi connectivity index (χ3v) is 7.65. The molecule has 0 aliphatic heterocycles. The van der Waals surface area contributed by atoms with Crippen LogP contribution in [0.2, 0.25) is 10.4 Å². The molecule has 2 rings (SSSR count). The molecule has 2 aromatic rings. The van der Waals surface area contributed by atoms with Crippen molar-refractivity contribution in [3.05, 3.63) is 18.5 Å². The van der Waals surface area contributed by atoms with E-state index in [9.17, 15) is 0 Å². The van der Waals surface area contributed by atoms with Gasteiger partial charge in [0.2, 0.25) is 0 Å². The third kappa shape index (κ3) is 2.44. The molecule has 2 heterocycles. The van der Waals surface area contributed by atoms with Gasteiger partial charge in [-0.15, -0.1) is 0 Å². The summed E-state index contributed by atoms with van der Waals surface area (Å²) in [6, 6.07) is 1.91. The van der Waals surface area contributed by atoms with Crippen LogP contribution in [0.15, 0.2) is 18.5 Å². The van der Waals surface area contributed by atoms with Crippen LogP contribution in [0, 0.1) is 0 Å². The Morgan fingerprint density at radius 3 is 2.65 bits per heavy atom. The van der Waals surface area contributed by atoms with Crippen molar-refractivity contribution in [2.45, 2.75) is 10.4 Å². The van der Waals surface area contributed by atoms with E-state index in [0.717, 1.165) is 14.9 Å². The first kappa shape index (κ1) is 12.4. The van der Waals surface area contributed by atoms with E-state index in [0.29, 0.717) is 11.3 Å². The summed E-state index contributed by atoms with van der Waals surface area (Å²) in [5, 5.41) is 23.8. The number of aliphatic hydroxyl groups excluding tert-OH is 2. The summed E-state index contributed by atoms with van der Waals surface area (Å²) in [6.07, 6.45) is 3.29. The number of nitrogen functional groups attached to an aromatic ring is 1. The summed E-state index contributed by atoms with van der Waals surface area (Å²) in [4.78, 5) is 4.18. The predicted octanol–water partition coefficient (Wildman–Crippen LogP) is -1.00. The van der Waals surface area contributed by atoms with Gasteiger partial charge in [0.1, 0.15) is 0 Å². The molecule has 0 radical (unpaired) electrons. The molecule has 0 spiro atoms.